The maximum absolute atomic E-state index is 12.4. The number of piperidine rings is 1. The first-order valence-electron chi connectivity index (χ1n) is 9.02. The molecule has 3 rings (SSSR count). The molecule has 0 radical (unpaired) electrons. The summed E-state index contributed by atoms with van der Waals surface area (Å²) in [6.07, 6.45) is 3.83. The van der Waals surface area contributed by atoms with E-state index in [-0.39, 0.29) is 11.9 Å². The summed E-state index contributed by atoms with van der Waals surface area (Å²) >= 11 is 0. The number of benzene rings is 1. The first-order chi connectivity index (χ1) is 12.1. The van der Waals surface area contributed by atoms with Crippen LogP contribution in [0.15, 0.2) is 42.5 Å². The SMILES string of the molecule is CC(C)Nc1cccc(C(=O)Nc2ccc(N3CCCCC3)cc2)n1. The fraction of sp³-hybridized carbons (Fsp3) is 0.400. The molecule has 1 aromatic heterocycles. The molecule has 2 heterocycles. The van der Waals surface area contributed by atoms with Crippen LogP contribution in [-0.4, -0.2) is 30.0 Å². The smallest absolute Gasteiger partial charge is 0.274 e. The molecule has 0 aliphatic carbocycles. The molecule has 0 saturated carbocycles. The number of hydrogen-bond donors (Lipinski definition) is 2. The van der Waals surface area contributed by atoms with E-state index in [4.69, 9.17) is 0 Å². The fourth-order valence-electron chi connectivity index (χ4n) is 3.04. The Kier molecular flexibility index (Phi) is 5.53. The quantitative estimate of drug-likeness (QED) is 0.860. The first kappa shape index (κ1) is 17.3. The Hall–Kier alpha value is -2.56. The van der Waals surface area contributed by atoms with Crippen molar-refractivity contribution < 1.29 is 4.79 Å². The van der Waals surface area contributed by atoms with Gasteiger partial charge in [0.1, 0.15) is 11.5 Å². The number of aromatic nitrogens is 1. The van der Waals surface area contributed by atoms with Gasteiger partial charge in [-0.25, -0.2) is 4.98 Å². The average Bonchev–Trinajstić information content (AvgIpc) is 2.63. The zero-order valence-corrected chi connectivity index (χ0v) is 15.0. The highest BCUT2D eigenvalue weighted by atomic mass is 16.1. The second kappa shape index (κ2) is 8.01. The van der Waals surface area contributed by atoms with E-state index >= 15 is 0 Å². The Morgan fingerprint density at radius 1 is 1.04 bits per heavy atom. The van der Waals surface area contributed by atoms with Crippen LogP contribution in [0.2, 0.25) is 0 Å². The molecule has 2 N–H and O–H groups in total. The van der Waals surface area contributed by atoms with E-state index in [0.29, 0.717) is 11.5 Å². The lowest BCUT2D eigenvalue weighted by Gasteiger charge is -2.28. The molecule has 1 aliphatic rings. The number of pyridine rings is 1. The maximum Gasteiger partial charge on any atom is 0.274 e. The lowest BCUT2D eigenvalue weighted by molar-refractivity contribution is 0.102. The normalized spacial score (nSPS) is 14.4. The van der Waals surface area contributed by atoms with E-state index in [1.165, 1.54) is 24.9 Å². The molecule has 132 valence electrons. The maximum atomic E-state index is 12.4. The van der Waals surface area contributed by atoms with Gasteiger partial charge in [0.05, 0.1) is 0 Å². The second-order valence-corrected chi connectivity index (χ2v) is 6.76. The molecule has 1 aromatic carbocycles. The molecule has 1 amide bonds. The van der Waals surface area contributed by atoms with Gasteiger partial charge in [0.15, 0.2) is 0 Å². The van der Waals surface area contributed by atoms with Crippen LogP contribution >= 0.6 is 0 Å². The van der Waals surface area contributed by atoms with Crippen LogP contribution in [0.25, 0.3) is 0 Å². The average molecular weight is 338 g/mol. The monoisotopic (exact) mass is 338 g/mol. The lowest BCUT2D eigenvalue weighted by atomic mass is 10.1. The molecule has 0 bridgehead atoms. The summed E-state index contributed by atoms with van der Waals surface area (Å²) in [5.74, 6) is 0.515. The zero-order valence-electron chi connectivity index (χ0n) is 15.0. The van der Waals surface area contributed by atoms with Crippen LogP contribution in [0.3, 0.4) is 0 Å². The molecule has 0 unspecified atom stereocenters. The molecule has 2 aromatic rings. The number of amides is 1. The van der Waals surface area contributed by atoms with Crippen LogP contribution in [-0.2, 0) is 0 Å². The van der Waals surface area contributed by atoms with Crippen molar-refractivity contribution in [3.63, 3.8) is 0 Å². The van der Waals surface area contributed by atoms with Crippen molar-refractivity contribution in [1.29, 1.82) is 0 Å². The van der Waals surface area contributed by atoms with Crippen molar-refractivity contribution in [3.05, 3.63) is 48.2 Å². The van der Waals surface area contributed by atoms with Crippen molar-refractivity contribution in [2.24, 2.45) is 0 Å². The summed E-state index contributed by atoms with van der Waals surface area (Å²) in [6.45, 7) is 6.31. The number of nitrogens with one attached hydrogen (secondary N) is 2. The predicted octanol–water partition coefficient (Wildman–Crippen LogP) is 4.14. The van der Waals surface area contributed by atoms with Gasteiger partial charge in [-0.1, -0.05) is 6.07 Å². The number of anilines is 3. The van der Waals surface area contributed by atoms with Gasteiger partial charge in [-0.05, 0) is 69.5 Å². The minimum absolute atomic E-state index is 0.196. The summed E-state index contributed by atoms with van der Waals surface area (Å²) < 4.78 is 0. The Morgan fingerprint density at radius 2 is 1.76 bits per heavy atom. The van der Waals surface area contributed by atoms with E-state index < -0.39 is 0 Å². The Balaban J connectivity index is 1.64. The van der Waals surface area contributed by atoms with Crippen LogP contribution in [0.4, 0.5) is 17.2 Å². The fourth-order valence-corrected chi connectivity index (χ4v) is 3.04. The third-order valence-electron chi connectivity index (χ3n) is 4.26. The van der Waals surface area contributed by atoms with E-state index in [0.717, 1.165) is 18.8 Å². The van der Waals surface area contributed by atoms with Crippen molar-refractivity contribution in [2.45, 2.75) is 39.2 Å². The predicted molar refractivity (Wildman–Crippen MR) is 103 cm³/mol. The van der Waals surface area contributed by atoms with Gasteiger partial charge in [-0.2, -0.15) is 0 Å². The molecular formula is C20H26N4O. The molecule has 5 heteroatoms. The standard InChI is InChI=1S/C20H26N4O/c1-15(2)21-19-8-6-7-18(23-19)20(25)22-16-9-11-17(12-10-16)24-13-4-3-5-14-24/h6-12,15H,3-5,13-14H2,1-2H3,(H,21,23)(H,22,25). The Bertz CT molecular complexity index is 706. The molecule has 0 spiro atoms. The number of hydrogen-bond acceptors (Lipinski definition) is 4. The minimum atomic E-state index is -0.196. The lowest BCUT2D eigenvalue weighted by Crippen LogP contribution is -2.29. The summed E-state index contributed by atoms with van der Waals surface area (Å²) in [4.78, 5) is 19.2. The number of carbonyl (C=O) groups is 1. The van der Waals surface area contributed by atoms with Crippen molar-refractivity contribution in [3.8, 4) is 0 Å². The van der Waals surface area contributed by atoms with Gasteiger partial charge in [-0.3, -0.25) is 4.79 Å². The minimum Gasteiger partial charge on any atom is -0.372 e. The summed E-state index contributed by atoms with van der Waals surface area (Å²) in [6, 6.07) is 13.8. The van der Waals surface area contributed by atoms with Crippen LogP contribution in [0.5, 0.6) is 0 Å². The van der Waals surface area contributed by atoms with Gasteiger partial charge in [0.2, 0.25) is 0 Å². The van der Waals surface area contributed by atoms with Crippen LogP contribution in [0, 0.1) is 0 Å². The third kappa shape index (κ3) is 4.72. The van der Waals surface area contributed by atoms with Gasteiger partial charge < -0.3 is 15.5 Å². The Morgan fingerprint density at radius 3 is 2.44 bits per heavy atom. The van der Waals surface area contributed by atoms with E-state index in [2.05, 4.69) is 32.7 Å². The topological polar surface area (TPSA) is 57.3 Å². The third-order valence-corrected chi connectivity index (χ3v) is 4.26. The highest BCUT2D eigenvalue weighted by Crippen LogP contribution is 2.22. The summed E-state index contributed by atoms with van der Waals surface area (Å²) in [7, 11) is 0. The highest BCUT2D eigenvalue weighted by molar-refractivity contribution is 6.03. The first-order valence-corrected chi connectivity index (χ1v) is 9.02. The van der Waals surface area contributed by atoms with Crippen molar-refractivity contribution >= 4 is 23.1 Å². The molecule has 0 atom stereocenters. The Labute approximate surface area is 149 Å². The van der Waals surface area contributed by atoms with Gasteiger partial charge in [0, 0.05) is 30.5 Å². The number of rotatable bonds is 5. The molecule has 25 heavy (non-hydrogen) atoms. The van der Waals surface area contributed by atoms with E-state index in [1.54, 1.807) is 6.07 Å². The van der Waals surface area contributed by atoms with Crippen LogP contribution in [0.1, 0.15) is 43.6 Å². The van der Waals surface area contributed by atoms with E-state index in [1.807, 2.05) is 38.1 Å². The second-order valence-electron chi connectivity index (χ2n) is 6.76. The molecular weight excluding hydrogens is 312 g/mol. The number of nitrogens with zero attached hydrogens (tertiary/aromatic N) is 2. The van der Waals surface area contributed by atoms with Gasteiger partial charge >= 0.3 is 0 Å². The molecule has 1 aliphatic heterocycles. The van der Waals surface area contributed by atoms with Gasteiger partial charge in [0.25, 0.3) is 5.91 Å². The molecule has 5 nitrogen and oxygen atoms in total. The van der Waals surface area contributed by atoms with Crippen LogP contribution < -0.4 is 15.5 Å². The molecule has 1 fully saturated rings. The highest BCUT2D eigenvalue weighted by Gasteiger charge is 2.12. The summed E-state index contributed by atoms with van der Waals surface area (Å²) in [5.41, 5.74) is 2.42. The summed E-state index contributed by atoms with van der Waals surface area (Å²) in [5, 5.41) is 6.13. The largest absolute Gasteiger partial charge is 0.372 e. The van der Waals surface area contributed by atoms with Crippen molar-refractivity contribution in [2.75, 3.05) is 28.6 Å². The number of carbonyl (C=O) groups excluding carboxylic acids is 1. The van der Waals surface area contributed by atoms with E-state index in [9.17, 15) is 4.79 Å². The molecule has 1 saturated heterocycles. The van der Waals surface area contributed by atoms with Crippen molar-refractivity contribution in [1.82, 2.24) is 4.98 Å². The zero-order chi connectivity index (χ0) is 17.6. The van der Waals surface area contributed by atoms with Gasteiger partial charge in [-0.15, -0.1) is 0 Å².